The summed E-state index contributed by atoms with van der Waals surface area (Å²) in [6, 6.07) is 4.96. The minimum Gasteiger partial charge on any atom is -0.215 e. The van der Waals surface area contributed by atoms with E-state index in [1.165, 1.54) is 6.07 Å². The molecule has 2 nitrogen and oxygen atoms in total. The van der Waals surface area contributed by atoms with E-state index >= 15 is 0 Å². The average Bonchev–Trinajstić information content (AvgIpc) is 2.69. The number of alkyl halides is 3. The van der Waals surface area contributed by atoms with Crippen molar-refractivity contribution in [3.05, 3.63) is 58.0 Å². The number of hydrogen-bond donors (Lipinski definition) is 0. The number of allylic oxidation sites excluding steroid dienone is 4. The molecule has 22 heavy (non-hydrogen) atoms. The normalized spacial score (nSPS) is 20.8. The predicted molar refractivity (Wildman–Crippen MR) is 78.6 cm³/mol. The van der Waals surface area contributed by atoms with Gasteiger partial charge in [0.25, 0.3) is 9.84 Å². The second kappa shape index (κ2) is 4.59. The molecule has 1 aromatic carbocycles. The monoisotopic (exact) mass is 326 g/mol. The van der Waals surface area contributed by atoms with Gasteiger partial charge in [-0.1, -0.05) is 47.6 Å². The van der Waals surface area contributed by atoms with Crippen molar-refractivity contribution in [1.82, 2.24) is 0 Å². The molecule has 2 aliphatic carbocycles. The van der Waals surface area contributed by atoms with Gasteiger partial charge < -0.3 is 0 Å². The summed E-state index contributed by atoms with van der Waals surface area (Å²) in [6.45, 7) is 3.46. The fourth-order valence-corrected chi connectivity index (χ4v) is 4.16. The molecule has 0 radical (unpaired) electrons. The Morgan fingerprint density at radius 1 is 1.05 bits per heavy atom. The molecule has 0 aliphatic heterocycles. The highest BCUT2D eigenvalue weighted by Crippen LogP contribution is 2.40. The van der Waals surface area contributed by atoms with Gasteiger partial charge in [0.2, 0.25) is 0 Å². The third-order valence-corrected chi connectivity index (χ3v) is 5.58. The number of benzene rings is 1. The predicted octanol–water partition coefficient (Wildman–Crippen LogP) is 2.33. The molecule has 1 atom stereocenters. The van der Waals surface area contributed by atoms with Crippen molar-refractivity contribution in [1.29, 1.82) is 0 Å². The van der Waals surface area contributed by atoms with Crippen LogP contribution in [0.4, 0.5) is 13.2 Å². The summed E-state index contributed by atoms with van der Waals surface area (Å²) in [7, 11) is -5.38. The minimum absolute atomic E-state index is 0.160. The van der Waals surface area contributed by atoms with E-state index in [-0.39, 0.29) is 5.22 Å². The van der Waals surface area contributed by atoms with Crippen LogP contribution in [0.5, 0.6) is 0 Å². The van der Waals surface area contributed by atoms with Gasteiger partial charge in [-0.2, -0.15) is 13.2 Å². The summed E-state index contributed by atoms with van der Waals surface area (Å²) in [5.74, 6) is -0.867. The molecular weight excluding hydrogens is 313 g/mol. The quantitative estimate of drug-likeness (QED) is 0.794. The van der Waals surface area contributed by atoms with Gasteiger partial charge >= 0.3 is 5.51 Å². The lowest BCUT2D eigenvalue weighted by atomic mass is 9.93. The van der Waals surface area contributed by atoms with Gasteiger partial charge in [-0.25, -0.2) is 8.42 Å². The maximum Gasteiger partial charge on any atom is 0.501 e. The van der Waals surface area contributed by atoms with Crippen LogP contribution in [-0.2, 0) is 9.84 Å². The number of aryl methyl sites for hydroxylation is 1. The van der Waals surface area contributed by atoms with Gasteiger partial charge in [0.1, 0.15) is 0 Å². The summed E-state index contributed by atoms with van der Waals surface area (Å²) in [6.07, 6.45) is 5.05. The van der Waals surface area contributed by atoms with Gasteiger partial charge in [-0.05, 0) is 29.9 Å². The standard InChI is InChI=1S/C16H13F3O2S/c1-9-3-5-11-12-6-4-10(2)8-14(12)15(13(11)7-9)22(20,21)16(17,18)19/h3-8,13H,1-2H3. The second-order valence-corrected chi connectivity index (χ2v) is 7.45. The number of fused-ring (bicyclic) bond motifs is 2. The topological polar surface area (TPSA) is 34.1 Å². The SMILES string of the molecule is CC1=CC2C(=c3ccc(C)cc3=C2S(=O)(=O)C(F)(F)F)C=C1. The number of halogens is 3. The van der Waals surface area contributed by atoms with E-state index in [1.54, 1.807) is 44.2 Å². The van der Waals surface area contributed by atoms with Gasteiger partial charge in [0.05, 0.1) is 4.91 Å². The fraction of sp³-hybridized carbons (Fsp3) is 0.250. The lowest BCUT2D eigenvalue weighted by molar-refractivity contribution is -0.0421. The molecule has 0 bridgehead atoms. The van der Waals surface area contributed by atoms with E-state index in [1.807, 2.05) is 0 Å². The Morgan fingerprint density at radius 2 is 1.73 bits per heavy atom. The number of rotatable bonds is 1. The van der Waals surface area contributed by atoms with Crippen LogP contribution in [0.3, 0.4) is 0 Å². The lowest BCUT2D eigenvalue weighted by Gasteiger charge is -2.19. The van der Waals surface area contributed by atoms with Crippen LogP contribution in [0.2, 0.25) is 0 Å². The van der Waals surface area contributed by atoms with Gasteiger partial charge in [0.15, 0.2) is 0 Å². The molecule has 116 valence electrons. The van der Waals surface area contributed by atoms with Gasteiger partial charge in [0, 0.05) is 5.92 Å². The Labute approximate surface area is 125 Å². The molecule has 3 rings (SSSR count). The Balaban J connectivity index is 2.47. The highest BCUT2D eigenvalue weighted by atomic mass is 32.2. The molecule has 0 aromatic heterocycles. The maximum absolute atomic E-state index is 13.1. The molecule has 0 saturated heterocycles. The summed E-state index contributed by atoms with van der Waals surface area (Å²) >= 11 is 0. The van der Waals surface area contributed by atoms with Crippen LogP contribution in [0.1, 0.15) is 12.5 Å². The summed E-state index contributed by atoms with van der Waals surface area (Å²) in [4.78, 5) is -0.558. The Kier molecular flexibility index (Phi) is 3.15. The van der Waals surface area contributed by atoms with Crippen molar-refractivity contribution in [3.63, 3.8) is 0 Å². The van der Waals surface area contributed by atoms with Crippen molar-refractivity contribution in [2.45, 2.75) is 19.4 Å². The van der Waals surface area contributed by atoms with E-state index in [2.05, 4.69) is 0 Å². The van der Waals surface area contributed by atoms with Crippen LogP contribution in [0.25, 0.3) is 10.5 Å². The van der Waals surface area contributed by atoms with Crippen LogP contribution in [0.15, 0.2) is 42.0 Å². The first-order valence-corrected chi connectivity index (χ1v) is 8.14. The molecule has 0 spiro atoms. The summed E-state index contributed by atoms with van der Waals surface area (Å²) in [5.41, 5.74) is -3.24. The molecule has 2 aliphatic rings. The molecule has 6 heteroatoms. The van der Waals surface area contributed by atoms with Crippen molar-refractivity contribution < 1.29 is 21.6 Å². The first-order valence-electron chi connectivity index (χ1n) is 6.66. The van der Waals surface area contributed by atoms with E-state index in [4.69, 9.17) is 0 Å². The Hall–Kier alpha value is -1.82. The molecular formula is C16H13F3O2S. The second-order valence-electron chi connectivity index (χ2n) is 5.54. The molecule has 0 amide bonds. The van der Waals surface area contributed by atoms with Gasteiger partial charge in [-0.3, -0.25) is 0 Å². The zero-order chi connectivity index (χ0) is 16.3. The van der Waals surface area contributed by atoms with Crippen molar-refractivity contribution in [3.8, 4) is 0 Å². The van der Waals surface area contributed by atoms with Crippen molar-refractivity contribution in [2.75, 3.05) is 0 Å². The van der Waals surface area contributed by atoms with Gasteiger partial charge in [-0.15, -0.1) is 0 Å². The molecule has 1 aromatic rings. The van der Waals surface area contributed by atoms with E-state index < -0.39 is 26.2 Å². The van der Waals surface area contributed by atoms with Crippen LogP contribution in [0, 0.1) is 12.8 Å². The summed E-state index contributed by atoms with van der Waals surface area (Å²) in [5, 5.41) is 0.714. The molecule has 0 N–H and O–H groups in total. The van der Waals surface area contributed by atoms with Crippen molar-refractivity contribution >= 4 is 20.3 Å². The third kappa shape index (κ3) is 2.05. The van der Waals surface area contributed by atoms with E-state index in [0.717, 1.165) is 11.1 Å². The fourth-order valence-electron chi connectivity index (χ4n) is 2.93. The summed E-state index contributed by atoms with van der Waals surface area (Å²) < 4.78 is 63.4. The molecule has 0 saturated carbocycles. The molecule has 0 heterocycles. The highest BCUT2D eigenvalue weighted by Gasteiger charge is 2.51. The minimum atomic E-state index is -5.38. The third-order valence-electron chi connectivity index (χ3n) is 3.92. The van der Waals surface area contributed by atoms with Crippen LogP contribution in [-0.4, -0.2) is 13.9 Å². The lowest BCUT2D eigenvalue weighted by Crippen LogP contribution is -2.32. The number of sulfone groups is 1. The van der Waals surface area contributed by atoms with Crippen molar-refractivity contribution in [2.24, 2.45) is 5.92 Å². The molecule has 1 unspecified atom stereocenters. The zero-order valence-electron chi connectivity index (χ0n) is 11.9. The first kappa shape index (κ1) is 15.1. The molecule has 0 fully saturated rings. The van der Waals surface area contributed by atoms with E-state index in [9.17, 15) is 21.6 Å². The van der Waals surface area contributed by atoms with Crippen LogP contribution < -0.4 is 10.4 Å². The smallest absolute Gasteiger partial charge is 0.215 e. The average molecular weight is 326 g/mol. The van der Waals surface area contributed by atoms with E-state index in [0.29, 0.717) is 10.8 Å². The zero-order valence-corrected chi connectivity index (χ0v) is 12.7. The van der Waals surface area contributed by atoms with Crippen LogP contribution >= 0.6 is 0 Å². The largest absolute Gasteiger partial charge is 0.501 e. The Bertz CT molecular complexity index is 948. The Morgan fingerprint density at radius 3 is 2.36 bits per heavy atom. The highest BCUT2D eigenvalue weighted by molar-refractivity contribution is 8.01. The number of hydrogen-bond acceptors (Lipinski definition) is 2. The first-order chi connectivity index (χ1) is 10.1. The maximum atomic E-state index is 13.1.